The summed E-state index contributed by atoms with van der Waals surface area (Å²) >= 11 is 0. The Bertz CT molecular complexity index is 545. The molecule has 1 heterocycles. The number of hydrogen-bond acceptors (Lipinski definition) is 3. The lowest BCUT2D eigenvalue weighted by Gasteiger charge is -2.15. The molecule has 2 aromatic rings. The standard InChI is InChI=1S/C15H22N4/c1-4-12(16)11-9-7-8-10-13(11)19-15(6-3)17-14(5-2)18-19/h7-10,12H,4-6,16H2,1-3H3. The molecule has 2 rings (SSSR count). The van der Waals surface area contributed by atoms with E-state index in [1.165, 1.54) is 0 Å². The first kappa shape index (κ1) is 13.7. The van der Waals surface area contributed by atoms with E-state index in [1.807, 2.05) is 16.8 Å². The van der Waals surface area contributed by atoms with E-state index in [-0.39, 0.29) is 6.04 Å². The number of aromatic nitrogens is 3. The van der Waals surface area contributed by atoms with E-state index in [2.05, 4.69) is 43.0 Å². The van der Waals surface area contributed by atoms with Crippen LogP contribution in [-0.2, 0) is 12.8 Å². The molecule has 0 spiro atoms. The van der Waals surface area contributed by atoms with Gasteiger partial charge < -0.3 is 5.73 Å². The van der Waals surface area contributed by atoms with Crippen LogP contribution in [0.5, 0.6) is 0 Å². The van der Waals surface area contributed by atoms with E-state index in [4.69, 9.17) is 5.73 Å². The molecule has 19 heavy (non-hydrogen) atoms. The van der Waals surface area contributed by atoms with Gasteiger partial charge in [-0.3, -0.25) is 0 Å². The minimum Gasteiger partial charge on any atom is -0.324 e. The fourth-order valence-corrected chi connectivity index (χ4v) is 2.18. The lowest BCUT2D eigenvalue weighted by molar-refractivity contribution is 0.679. The largest absolute Gasteiger partial charge is 0.324 e. The predicted molar refractivity (Wildman–Crippen MR) is 77.3 cm³/mol. The van der Waals surface area contributed by atoms with Crippen LogP contribution in [0.1, 0.15) is 50.4 Å². The van der Waals surface area contributed by atoms with Crippen molar-refractivity contribution < 1.29 is 0 Å². The zero-order valence-corrected chi connectivity index (χ0v) is 11.9. The molecule has 4 heteroatoms. The van der Waals surface area contributed by atoms with Crippen LogP contribution in [0.3, 0.4) is 0 Å². The molecule has 102 valence electrons. The number of aryl methyl sites for hydroxylation is 2. The van der Waals surface area contributed by atoms with Crippen LogP contribution in [0.2, 0.25) is 0 Å². The van der Waals surface area contributed by atoms with E-state index in [1.54, 1.807) is 0 Å². The minimum absolute atomic E-state index is 0.0372. The van der Waals surface area contributed by atoms with Gasteiger partial charge in [0.1, 0.15) is 5.82 Å². The van der Waals surface area contributed by atoms with E-state index >= 15 is 0 Å². The average Bonchev–Trinajstić information content (AvgIpc) is 2.89. The summed E-state index contributed by atoms with van der Waals surface area (Å²) < 4.78 is 1.95. The third-order valence-electron chi connectivity index (χ3n) is 3.35. The lowest BCUT2D eigenvalue weighted by atomic mass is 10.0. The minimum atomic E-state index is 0.0372. The van der Waals surface area contributed by atoms with Crippen LogP contribution in [0, 0.1) is 0 Å². The maximum atomic E-state index is 6.20. The Kier molecular flexibility index (Phi) is 4.32. The van der Waals surface area contributed by atoms with Crippen molar-refractivity contribution >= 4 is 0 Å². The van der Waals surface area contributed by atoms with Crippen molar-refractivity contribution in [2.45, 2.75) is 46.1 Å². The van der Waals surface area contributed by atoms with Gasteiger partial charge in [0, 0.05) is 18.9 Å². The third-order valence-corrected chi connectivity index (χ3v) is 3.35. The molecule has 0 fully saturated rings. The number of hydrogen-bond donors (Lipinski definition) is 1. The van der Waals surface area contributed by atoms with Crippen molar-refractivity contribution in [1.29, 1.82) is 0 Å². The van der Waals surface area contributed by atoms with Gasteiger partial charge in [0.05, 0.1) is 5.69 Å². The number of nitrogens with two attached hydrogens (primary N) is 1. The Morgan fingerprint density at radius 1 is 1.16 bits per heavy atom. The van der Waals surface area contributed by atoms with Gasteiger partial charge in [-0.25, -0.2) is 9.67 Å². The Morgan fingerprint density at radius 2 is 1.89 bits per heavy atom. The Labute approximate surface area is 114 Å². The van der Waals surface area contributed by atoms with Gasteiger partial charge in [0.2, 0.25) is 0 Å². The van der Waals surface area contributed by atoms with Crippen LogP contribution < -0.4 is 5.73 Å². The van der Waals surface area contributed by atoms with Crippen LogP contribution in [0.15, 0.2) is 24.3 Å². The molecular weight excluding hydrogens is 236 g/mol. The molecule has 1 aromatic carbocycles. The van der Waals surface area contributed by atoms with Crippen LogP contribution in [0.4, 0.5) is 0 Å². The molecule has 0 bridgehead atoms. The van der Waals surface area contributed by atoms with Gasteiger partial charge in [-0.1, -0.05) is 39.0 Å². The highest BCUT2D eigenvalue weighted by atomic mass is 15.4. The number of nitrogens with zero attached hydrogens (tertiary/aromatic N) is 3. The maximum absolute atomic E-state index is 6.20. The molecule has 0 radical (unpaired) electrons. The van der Waals surface area contributed by atoms with Crippen LogP contribution in [-0.4, -0.2) is 14.8 Å². The summed E-state index contributed by atoms with van der Waals surface area (Å²) in [6.07, 6.45) is 2.62. The zero-order valence-electron chi connectivity index (χ0n) is 11.9. The van der Waals surface area contributed by atoms with E-state index in [9.17, 15) is 0 Å². The quantitative estimate of drug-likeness (QED) is 0.897. The molecule has 0 aliphatic heterocycles. The summed E-state index contributed by atoms with van der Waals surface area (Å²) in [7, 11) is 0. The smallest absolute Gasteiger partial charge is 0.151 e. The first-order chi connectivity index (χ1) is 9.21. The number of benzene rings is 1. The Balaban J connectivity index is 2.55. The Hall–Kier alpha value is -1.68. The van der Waals surface area contributed by atoms with Gasteiger partial charge in [-0.15, -0.1) is 0 Å². The second-order valence-corrected chi connectivity index (χ2v) is 4.64. The van der Waals surface area contributed by atoms with Crippen molar-refractivity contribution in [2.75, 3.05) is 0 Å². The summed E-state index contributed by atoms with van der Waals surface area (Å²) in [6.45, 7) is 6.27. The van der Waals surface area contributed by atoms with Gasteiger partial charge in [0.25, 0.3) is 0 Å². The molecular formula is C15H22N4. The molecule has 0 amide bonds. The molecule has 1 atom stereocenters. The van der Waals surface area contributed by atoms with Crippen molar-refractivity contribution in [1.82, 2.24) is 14.8 Å². The normalized spacial score (nSPS) is 12.6. The molecule has 0 aliphatic carbocycles. The second kappa shape index (κ2) is 5.97. The number of para-hydroxylation sites is 1. The first-order valence-electron chi connectivity index (χ1n) is 7.00. The summed E-state index contributed by atoms with van der Waals surface area (Å²) in [5.74, 6) is 1.88. The highest BCUT2D eigenvalue weighted by molar-refractivity contribution is 5.42. The summed E-state index contributed by atoms with van der Waals surface area (Å²) in [5, 5.41) is 4.60. The van der Waals surface area contributed by atoms with E-state index < -0.39 is 0 Å². The number of rotatable bonds is 5. The van der Waals surface area contributed by atoms with Crippen molar-refractivity contribution in [3.05, 3.63) is 41.5 Å². The maximum Gasteiger partial charge on any atom is 0.151 e. The lowest BCUT2D eigenvalue weighted by Crippen LogP contribution is -2.14. The monoisotopic (exact) mass is 258 g/mol. The summed E-state index contributed by atoms with van der Waals surface area (Å²) in [4.78, 5) is 4.56. The second-order valence-electron chi connectivity index (χ2n) is 4.64. The summed E-state index contributed by atoms with van der Waals surface area (Å²) in [5.41, 5.74) is 8.39. The first-order valence-corrected chi connectivity index (χ1v) is 7.00. The van der Waals surface area contributed by atoms with Crippen molar-refractivity contribution in [2.24, 2.45) is 5.73 Å². The average molecular weight is 258 g/mol. The fraction of sp³-hybridized carbons (Fsp3) is 0.467. The van der Waals surface area contributed by atoms with E-state index in [0.717, 1.165) is 42.2 Å². The van der Waals surface area contributed by atoms with Crippen molar-refractivity contribution in [3.8, 4) is 5.69 Å². The van der Waals surface area contributed by atoms with Crippen LogP contribution in [0.25, 0.3) is 5.69 Å². The van der Waals surface area contributed by atoms with Gasteiger partial charge in [-0.2, -0.15) is 5.10 Å². The SMILES string of the molecule is CCc1nc(CC)n(-c2ccccc2C(N)CC)n1. The highest BCUT2D eigenvalue weighted by Crippen LogP contribution is 2.23. The van der Waals surface area contributed by atoms with E-state index in [0.29, 0.717) is 0 Å². The molecule has 0 saturated heterocycles. The van der Waals surface area contributed by atoms with Crippen molar-refractivity contribution in [3.63, 3.8) is 0 Å². The molecule has 0 aliphatic rings. The summed E-state index contributed by atoms with van der Waals surface area (Å²) in [6, 6.07) is 8.23. The zero-order chi connectivity index (χ0) is 13.8. The Morgan fingerprint density at radius 3 is 2.53 bits per heavy atom. The highest BCUT2D eigenvalue weighted by Gasteiger charge is 2.15. The van der Waals surface area contributed by atoms with Gasteiger partial charge >= 0.3 is 0 Å². The van der Waals surface area contributed by atoms with Crippen LogP contribution >= 0.6 is 0 Å². The third kappa shape index (κ3) is 2.68. The fourth-order valence-electron chi connectivity index (χ4n) is 2.18. The predicted octanol–water partition coefficient (Wildman–Crippen LogP) is 2.80. The van der Waals surface area contributed by atoms with Gasteiger partial charge in [0.15, 0.2) is 5.82 Å². The topological polar surface area (TPSA) is 56.7 Å². The molecule has 2 N–H and O–H groups in total. The van der Waals surface area contributed by atoms with Gasteiger partial charge in [-0.05, 0) is 18.1 Å². The molecule has 1 aromatic heterocycles. The molecule has 1 unspecified atom stereocenters. The molecule has 0 saturated carbocycles. The molecule has 4 nitrogen and oxygen atoms in total.